The van der Waals surface area contributed by atoms with Crippen LogP contribution in [0.25, 0.3) is 0 Å². The first-order valence-electron chi connectivity index (χ1n) is 7.53. The fourth-order valence-corrected chi connectivity index (χ4v) is 4.73. The fourth-order valence-electron chi connectivity index (χ4n) is 3.33. The van der Waals surface area contributed by atoms with Gasteiger partial charge >= 0.3 is 0 Å². The summed E-state index contributed by atoms with van der Waals surface area (Å²) >= 11 is 7.63. The standard InChI is InChI=1S/C19H20Br2/c1-12-10-18(20)13(2)9-17(12)19(21)16-8-7-14-5-3-4-6-15(14)11-16/h3-6,9-10,16,19H,7-8,11H2,1-2H3. The van der Waals surface area contributed by atoms with Crippen LogP contribution < -0.4 is 0 Å². The zero-order valence-electron chi connectivity index (χ0n) is 12.5. The molecule has 3 rings (SSSR count). The van der Waals surface area contributed by atoms with Crippen LogP contribution in [0.2, 0.25) is 0 Å². The molecule has 0 aromatic heterocycles. The molecule has 2 atom stereocenters. The summed E-state index contributed by atoms with van der Waals surface area (Å²) in [5.74, 6) is 0.680. The molecule has 110 valence electrons. The third kappa shape index (κ3) is 3.12. The number of hydrogen-bond donors (Lipinski definition) is 0. The first kappa shape index (κ1) is 15.3. The van der Waals surface area contributed by atoms with Gasteiger partial charge in [0.2, 0.25) is 0 Å². The van der Waals surface area contributed by atoms with Gasteiger partial charge in [-0.1, -0.05) is 62.2 Å². The molecule has 0 saturated carbocycles. The Morgan fingerprint density at radius 1 is 1.05 bits per heavy atom. The van der Waals surface area contributed by atoms with Crippen LogP contribution in [0.1, 0.15) is 39.1 Å². The van der Waals surface area contributed by atoms with Gasteiger partial charge in [0.05, 0.1) is 0 Å². The SMILES string of the molecule is Cc1cc(C(Br)C2CCc3ccccc3C2)c(C)cc1Br. The van der Waals surface area contributed by atoms with Gasteiger partial charge in [-0.2, -0.15) is 0 Å². The van der Waals surface area contributed by atoms with E-state index in [-0.39, 0.29) is 0 Å². The fraction of sp³-hybridized carbons (Fsp3) is 0.368. The molecule has 2 heteroatoms. The maximum atomic E-state index is 3.99. The molecule has 0 aliphatic heterocycles. The predicted octanol–water partition coefficient (Wildman–Crippen LogP) is 6.31. The molecule has 0 amide bonds. The highest BCUT2D eigenvalue weighted by molar-refractivity contribution is 9.10. The molecule has 0 saturated heterocycles. The van der Waals surface area contributed by atoms with E-state index in [1.54, 1.807) is 0 Å². The van der Waals surface area contributed by atoms with Gasteiger partial charge in [-0.15, -0.1) is 0 Å². The molecule has 0 radical (unpaired) electrons. The minimum absolute atomic E-state index is 0.442. The zero-order chi connectivity index (χ0) is 15.0. The number of alkyl halides is 1. The molecule has 0 spiro atoms. The number of hydrogen-bond acceptors (Lipinski definition) is 0. The Hall–Kier alpha value is -0.600. The summed E-state index contributed by atoms with van der Waals surface area (Å²) in [6.07, 6.45) is 3.65. The molecular formula is C19H20Br2. The van der Waals surface area contributed by atoms with Crippen LogP contribution >= 0.6 is 31.9 Å². The molecule has 1 aliphatic rings. The number of aryl methyl sites for hydroxylation is 3. The molecular weight excluding hydrogens is 388 g/mol. The van der Waals surface area contributed by atoms with Crippen molar-refractivity contribution in [2.45, 2.75) is 37.9 Å². The highest BCUT2D eigenvalue weighted by Crippen LogP contribution is 2.41. The van der Waals surface area contributed by atoms with Crippen LogP contribution in [0.15, 0.2) is 40.9 Å². The lowest BCUT2D eigenvalue weighted by Gasteiger charge is -2.29. The minimum Gasteiger partial charge on any atom is -0.0836 e. The number of rotatable bonds is 2. The predicted molar refractivity (Wildman–Crippen MR) is 97.2 cm³/mol. The average molecular weight is 408 g/mol. The minimum atomic E-state index is 0.442. The summed E-state index contributed by atoms with van der Waals surface area (Å²) in [6, 6.07) is 13.5. The molecule has 2 aromatic carbocycles. The third-order valence-corrected chi connectivity index (χ3v) is 6.74. The van der Waals surface area contributed by atoms with Gasteiger partial charge in [0.15, 0.2) is 0 Å². The number of halogens is 2. The topological polar surface area (TPSA) is 0 Å². The van der Waals surface area contributed by atoms with Crippen LogP contribution in [0.5, 0.6) is 0 Å². The van der Waals surface area contributed by atoms with Crippen molar-refractivity contribution in [3.05, 3.63) is 68.7 Å². The summed E-state index contributed by atoms with van der Waals surface area (Å²) in [7, 11) is 0. The molecule has 21 heavy (non-hydrogen) atoms. The third-order valence-electron chi connectivity index (χ3n) is 4.64. The lowest BCUT2D eigenvalue weighted by atomic mass is 9.80. The van der Waals surface area contributed by atoms with E-state index in [1.165, 1.54) is 51.6 Å². The molecule has 2 unspecified atom stereocenters. The Morgan fingerprint density at radius 3 is 2.52 bits per heavy atom. The van der Waals surface area contributed by atoms with Crippen molar-refractivity contribution in [3.8, 4) is 0 Å². The highest BCUT2D eigenvalue weighted by Gasteiger charge is 2.26. The molecule has 0 nitrogen and oxygen atoms in total. The molecule has 0 heterocycles. The summed E-state index contributed by atoms with van der Waals surface area (Å²) in [6.45, 7) is 4.38. The van der Waals surface area contributed by atoms with E-state index in [1.807, 2.05) is 0 Å². The Bertz CT molecular complexity index is 661. The van der Waals surface area contributed by atoms with E-state index in [4.69, 9.17) is 0 Å². The first-order valence-corrected chi connectivity index (χ1v) is 9.24. The Morgan fingerprint density at radius 2 is 1.76 bits per heavy atom. The van der Waals surface area contributed by atoms with Crippen molar-refractivity contribution in [2.75, 3.05) is 0 Å². The molecule has 0 N–H and O–H groups in total. The van der Waals surface area contributed by atoms with E-state index in [0.29, 0.717) is 10.7 Å². The summed E-state index contributed by atoms with van der Waals surface area (Å²) in [5.41, 5.74) is 7.20. The summed E-state index contributed by atoms with van der Waals surface area (Å²) < 4.78 is 1.21. The average Bonchev–Trinajstić information content (AvgIpc) is 2.50. The second-order valence-corrected chi connectivity index (χ2v) is 7.97. The first-order chi connectivity index (χ1) is 10.1. The van der Waals surface area contributed by atoms with Gasteiger partial charge in [-0.05, 0) is 72.9 Å². The molecule has 1 aliphatic carbocycles. The van der Waals surface area contributed by atoms with Crippen molar-refractivity contribution in [1.82, 2.24) is 0 Å². The lowest BCUT2D eigenvalue weighted by molar-refractivity contribution is 0.452. The Kier molecular flexibility index (Phi) is 4.56. The van der Waals surface area contributed by atoms with Crippen LogP contribution in [0.3, 0.4) is 0 Å². The molecule has 2 aromatic rings. The van der Waals surface area contributed by atoms with Crippen molar-refractivity contribution in [2.24, 2.45) is 5.92 Å². The van der Waals surface area contributed by atoms with Crippen molar-refractivity contribution in [1.29, 1.82) is 0 Å². The largest absolute Gasteiger partial charge is 0.0836 e. The highest BCUT2D eigenvalue weighted by atomic mass is 79.9. The van der Waals surface area contributed by atoms with Crippen molar-refractivity contribution >= 4 is 31.9 Å². The van der Waals surface area contributed by atoms with Crippen LogP contribution in [0.4, 0.5) is 0 Å². The van der Waals surface area contributed by atoms with E-state index in [0.717, 1.165) is 0 Å². The zero-order valence-corrected chi connectivity index (χ0v) is 15.7. The van der Waals surface area contributed by atoms with Crippen LogP contribution in [-0.4, -0.2) is 0 Å². The van der Waals surface area contributed by atoms with E-state index < -0.39 is 0 Å². The monoisotopic (exact) mass is 406 g/mol. The van der Waals surface area contributed by atoms with Crippen molar-refractivity contribution in [3.63, 3.8) is 0 Å². The molecule has 0 bridgehead atoms. The maximum absolute atomic E-state index is 3.99. The quantitative estimate of drug-likeness (QED) is 0.511. The van der Waals surface area contributed by atoms with Crippen molar-refractivity contribution < 1.29 is 0 Å². The number of benzene rings is 2. The second kappa shape index (κ2) is 6.26. The number of fused-ring (bicyclic) bond motifs is 1. The second-order valence-electron chi connectivity index (χ2n) is 6.13. The Labute approximate surface area is 144 Å². The summed E-state index contributed by atoms with van der Waals surface area (Å²) in [4.78, 5) is 0.442. The van der Waals surface area contributed by atoms with Crippen LogP contribution in [-0.2, 0) is 12.8 Å². The van der Waals surface area contributed by atoms with Gasteiger partial charge in [0, 0.05) is 9.30 Å². The van der Waals surface area contributed by atoms with E-state index in [9.17, 15) is 0 Å². The van der Waals surface area contributed by atoms with Gasteiger partial charge in [-0.3, -0.25) is 0 Å². The van der Waals surface area contributed by atoms with E-state index in [2.05, 4.69) is 82.1 Å². The van der Waals surface area contributed by atoms with Crippen LogP contribution in [0, 0.1) is 19.8 Å². The lowest BCUT2D eigenvalue weighted by Crippen LogP contribution is -2.18. The van der Waals surface area contributed by atoms with Gasteiger partial charge in [0.1, 0.15) is 0 Å². The molecule has 0 fully saturated rings. The smallest absolute Gasteiger partial charge is 0.0429 e. The normalized spacial score (nSPS) is 19.1. The van der Waals surface area contributed by atoms with Gasteiger partial charge in [0.25, 0.3) is 0 Å². The Balaban J connectivity index is 1.87. The maximum Gasteiger partial charge on any atom is 0.0429 e. The summed E-state index contributed by atoms with van der Waals surface area (Å²) in [5, 5.41) is 0. The van der Waals surface area contributed by atoms with Gasteiger partial charge < -0.3 is 0 Å². The van der Waals surface area contributed by atoms with Gasteiger partial charge in [-0.25, -0.2) is 0 Å². The van der Waals surface area contributed by atoms with E-state index >= 15 is 0 Å².